The van der Waals surface area contributed by atoms with Crippen molar-refractivity contribution < 1.29 is 33.7 Å². The standard InChI is InChI=1S/C48H55N7O7S2/c1-30-43(63-29-51-30)33-9-7-31(8-10-33)25-50-45(58)39-23-36(56)27-55(39)47(59)44(48(2,3)4)53-42(57)28-61-20-19-60-21-22-62-37-16-17-38-40(24-37)64-46(52-38)34-13-11-32(12-14-34)35-15-18-41(49-26-35)54(5)6/h7-18,24,26,29,36,39,44,56H,19-23,25,27-28H2,1-6H3,(H,50,58)(H,53,57)/t36-,39+,44-/m1/s1. The van der Waals surface area contributed by atoms with E-state index in [4.69, 9.17) is 19.2 Å². The van der Waals surface area contributed by atoms with Crippen LogP contribution in [0.5, 0.6) is 5.75 Å². The van der Waals surface area contributed by atoms with Gasteiger partial charge in [0.1, 0.15) is 41.9 Å². The lowest BCUT2D eigenvalue weighted by atomic mass is 9.85. The van der Waals surface area contributed by atoms with Crippen LogP contribution < -0.4 is 20.3 Å². The normalized spacial score (nSPS) is 15.6. The first-order valence-corrected chi connectivity index (χ1v) is 22.9. The first-order chi connectivity index (χ1) is 30.7. The Morgan fingerprint density at radius 3 is 2.28 bits per heavy atom. The summed E-state index contributed by atoms with van der Waals surface area (Å²) < 4.78 is 18.2. The largest absolute Gasteiger partial charge is 0.491 e. The predicted octanol–water partition coefficient (Wildman–Crippen LogP) is 6.74. The molecule has 0 saturated carbocycles. The number of benzene rings is 3. The lowest BCUT2D eigenvalue weighted by molar-refractivity contribution is -0.144. The van der Waals surface area contributed by atoms with Gasteiger partial charge in [-0.05, 0) is 59.4 Å². The summed E-state index contributed by atoms with van der Waals surface area (Å²) in [6.07, 6.45) is 1.12. The molecule has 6 aromatic rings. The van der Waals surface area contributed by atoms with Gasteiger partial charge >= 0.3 is 0 Å². The zero-order chi connectivity index (χ0) is 45.4. The highest BCUT2D eigenvalue weighted by Crippen LogP contribution is 2.34. The number of β-amino-alcohol motifs (C(OH)–C–C–N with tert-alkyl or cyclic N) is 1. The number of anilines is 1. The zero-order valence-corrected chi connectivity index (χ0v) is 38.6. The summed E-state index contributed by atoms with van der Waals surface area (Å²) in [5.41, 5.74) is 8.12. The molecule has 3 amide bonds. The summed E-state index contributed by atoms with van der Waals surface area (Å²) in [6.45, 7) is 8.49. The maximum absolute atomic E-state index is 14.0. The third kappa shape index (κ3) is 11.7. The van der Waals surface area contributed by atoms with Gasteiger partial charge in [0.2, 0.25) is 17.7 Å². The van der Waals surface area contributed by atoms with E-state index in [1.807, 2.05) is 107 Å². The molecule has 7 rings (SSSR count). The second-order valence-electron chi connectivity index (χ2n) is 17.0. The van der Waals surface area contributed by atoms with E-state index in [-0.39, 0.29) is 45.2 Å². The number of carbonyl (C=O) groups excluding carboxylic acids is 3. The molecule has 1 aliphatic heterocycles. The quantitative estimate of drug-likeness (QED) is 0.0782. The number of likely N-dealkylation sites (tertiary alicyclic amines) is 1. The van der Waals surface area contributed by atoms with Crippen molar-refractivity contribution in [2.24, 2.45) is 5.41 Å². The van der Waals surface area contributed by atoms with Gasteiger partial charge in [0.25, 0.3) is 0 Å². The van der Waals surface area contributed by atoms with Gasteiger partial charge in [0, 0.05) is 50.9 Å². The molecule has 3 aromatic carbocycles. The van der Waals surface area contributed by atoms with Gasteiger partial charge in [0.15, 0.2) is 0 Å². The number of aromatic nitrogens is 3. The molecule has 3 aromatic heterocycles. The van der Waals surface area contributed by atoms with Crippen LogP contribution in [0.1, 0.15) is 38.4 Å². The van der Waals surface area contributed by atoms with E-state index >= 15 is 0 Å². The number of pyridine rings is 1. The van der Waals surface area contributed by atoms with Crippen LogP contribution in [0.2, 0.25) is 0 Å². The summed E-state index contributed by atoms with van der Waals surface area (Å²) in [5, 5.41) is 17.2. The minimum absolute atomic E-state index is 0.0114. The molecule has 3 atom stereocenters. The third-order valence-corrected chi connectivity index (χ3v) is 12.9. The number of carbonyl (C=O) groups is 3. The summed E-state index contributed by atoms with van der Waals surface area (Å²) in [4.78, 5) is 58.5. The molecule has 1 fully saturated rings. The minimum atomic E-state index is -0.960. The number of rotatable bonds is 18. The Bertz CT molecular complexity index is 2520. The van der Waals surface area contributed by atoms with Crippen LogP contribution in [0.25, 0.3) is 42.4 Å². The molecule has 336 valence electrons. The average molecular weight is 906 g/mol. The van der Waals surface area contributed by atoms with Crippen molar-refractivity contribution in [3.8, 4) is 37.9 Å². The third-order valence-electron chi connectivity index (χ3n) is 10.8. The lowest BCUT2D eigenvalue weighted by Crippen LogP contribution is -2.58. The van der Waals surface area contributed by atoms with Gasteiger partial charge in [-0.1, -0.05) is 69.3 Å². The smallest absolute Gasteiger partial charge is 0.246 e. The van der Waals surface area contributed by atoms with Crippen LogP contribution in [0.3, 0.4) is 0 Å². The maximum atomic E-state index is 14.0. The first kappa shape index (κ1) is 46.2. The summed E-state index contributed by atoms with van der Waals surface area (Å²) in [5.74, 6) is 0.346. The Hall–Kier alpha value is -5.78. The Labute approximate surface area is 381 Å². The second-order valence-corrected chi connectivity index (χ2v) is 18.9. The fourth-order valence-electron chi connectivity index (χ4n) is 7.33. The monoisotopic (exact) mass is 905 g/mol. The summed E-state index contributed by atoms with van der Waals surface area (Å²) >= 11 is 3.18. The predicted molar refractivity (Wildman–Crippen MR) is 251 cm³/mol. The van der Waals surface area contributed by atoms with Crippen LogP contribution in [-0.4, -0.2) is 115 Å². The molecule has 0 unspecified atom stereocenters. The molecule has 0 spiro atoms. The molecular formula is C48H55N7O7S2. The zero-order valence-electron chi connectivity index (χ0n) is 37.0. The molecule has 0 aliphatic carbocycles. The number of nitrogens with zero attached hydrogens (tertiary/aromatic N) is 5. The van der Waals surface area contributed by atoms with Gasteiger partial charge in [-0.25, -0.2) is 15.0 Å². The Balaban J connectivity index is 0.815. The summed E-state index contributed by atoms with van der Waals surface area (Å²) in [6, 6.07) is 24.3. The second kappa shape index (κ2) is 20.8. The number of aliphatic hydroxyl groups excluding tert-OH is 1. The van der Waals surface area contributed by atoms with E-state index in [0.29, 0.717) is 19.0 Å². The van der Waals surface area contributed by atoms with Crippen LogP contribution >= 0.6 is 22.7 Å². The van der Waals surface area contributed by atoms with Crippen molar-refractivity contribution in [1.82, 2.24) is 30.5 Å². The highest BCUT2D eigenvalue weighted by molar-refractivity contribution is 7.21. The van der Waals surface area contributed by atoms with Crippen molar-refractivity contribution in [3.63, 3.8) is 0 Å². The van der Waals surface area contributed by atoms with E-state index in [1.165, 1.54) is 4.90 Å². The van der Waals surface area contributed by atoms with Gasteiger partial charge in [-0.2, -0.15) is 0 Å². The number of aliphatic hydroxyl groups is 1. The molecule has 14 nitrogen and oxygen atoms in total. The number of fused-ring (bicyclic) bond motifs is 1. The fraction of sp³-hybridized carbons (Fsp3) is 0.375. The number of ether oxygens (including phenoxy) is 3. The van der Waals surface area contributed by atoms with Gasteiger partial charge in [-0.3, -0.25) is 14.4 Å². The SMILES string of the molecule is Cc1ncsc1-c1ccc(CNC(=O)[C@@H]2C[C@@H](O)CN2C(=O)[C@@H](NC(=O)COCCOCCOc2ccc3nc(-c4ccc(-c5ccc(N(C)C)nc5)cc4)sc3c2)C(C)(C)C)cc1. The molecule has 16 heteroatoms. The number of hydrogen-bond donors (Lipinski definition) is 3. The van der Waals surface area contributed by atoms with Gasteiger partial charge < -0.3 is 39.8 Å². The maximum Gasteiger partial charge on any atom is 0.246 e. The number of aryl methyl sites for hydroxylation is 1. The number of nitrogens with one attached hydrogen (secondary N) is 2. The van der Waals surface area contributed by atoms with Crippen molar-refractivity contribution in [1.29, 1.82) is 0 Å². The fourth-order valence-corrected chi connectivity index (χ4v) is 9.14. The molecule has 0 bridgehead atoms. The highest BCUT2D eigenvalue weighted by atomic mass is 32.1. The minimum Gasteiger partial charge on any atom is -0.491 e. The number of hydrogen-bond acceptors (Lipinski definition) is 13. The molecular weight excluding hydrogens is 851 g/mol. The number of thiazole rings is 2. The molecule has 64 heavy (non-hydrogen) atoms. The molecule has 0 radical (unpaired) electrons. The summed E-state index contributed by atoms with van der Waals surface area (Å²) in [7, 11) is 3.94. The van der Waals surface area contributed by atoms with Gasteiger partial charge in [-0.15, -0.1) is 22.7 Å². The van der Waals surface area contributed by atoms with E-state index in [0.717, 1.165) is 59.4 Å². The Kier molecular flexibility index (Phi) is 15.0. The average Bonchev–Trinajstić information content (AvgIpc) is 4.03. The topological polar surface area (TPSA) is 168 Å². The van der Waals surface area contributed by atoms with Gasteiger partial charge in [0.05, 0.1) is 52.2 Å². The van der Waals surface area contributed by atoms with Crippen molar-refractivity contribution in [2.75, 3.05) is 58.6 Å². The Morgan fingerprint density at radius 2 is 1.59 bits per heavy atom. The van der Waals surface area contributed by atoms with E-state index in [9.17, 15) is 19.5 Å². The molecule has 4 heterocycles. The molecule has 3 N–H and O–H groups in total. The highest BCUT2D eigenvalue weighted by Gasteiger charge is 2.44. The van der Waals surface area contributed by atoms with Crippen LogP contribution in [0.4, 0.5) is 5.82 Å². The van der Waals surface area contributed by atoms with Crippen LogP contribution in [0, 0.1) is 12.3 Å². The van der Waals surface area contributed by atoms with Crippen molar-refractivity contribution >= 4 is 56.4 Å². The van der Waals surface area contributed by atoms with Crippen molar-refractivity contribution in [3.05, 3.63) is 102 Å². The van der Waals surface area contributed by atoms with Crippen LogP contribution in [0.15, 0.2) is 90.6 Å². The van der Waals surface area contributed by atoms with Crippen LogP contribution in [-0.2, 0) is 30.4 Å². The Morgan fingerprint density at radius 1 is 0.891 bits per heavy atom. The van der Waals surface area contributed by atoms with E-state index < -0.39 is 35.4 Å². The van der Waals surface area contributed by atoms with Crippen molar-refractivity contribution in [2.45, 2.75) is 58.8 Å². The molecule has 1 saturated heterocycles. The van der Waals surface area contributed by atoms with E-state index in [1.54, 1.807) is 22.7 Å². The first-order valence-electron chi connectivity index (χ1n) is 21.2. The lowest BCUT2D eigenvalue weighted by Gasteiger charge is -2.35. The molecule has 1 aliphatic rings. The number of amides is 3. The van der Waals surface area contributed by atoms with E-state index in [2.05, 4.69) is 50.9 Å².